The number of esters is 1. The average Bonchev–Trinajstić information content (AvgIpc) is 2.73. The molecule has 2 aromatic rings. The van der Waals surface area contributed by atoms with Crippen LogP contribution in [0.5, 0.6) is 11.5 Å². The van der Waals surface area contributed by atoms with E-state index in [1.54, 1.807) is 6.92 Å². The van der Waals surface area contributed by atoms with E-state index in [2.05, 4.69) is 26.6 Å². The average molecular weight is 491 g/mol. The zero-order chi connectivity index (χ0) is 21.7. The molecule has 0 saturated heterocycles. The second kappa shape index (κ2) is 9.95. The molecule has 2 N–H and O–H groups in total. The summed E-state index contributed by atoms with van der Waals surface area (Å²) in [7, 11) is 1.36. The van der Waals surface area contributed by atoms with Crippen molar-refractivity contribution in [2.24, 2.45) is 0 Å². The van der Waals surface area contributed by atoms with Crippen LogP contribution >= 0.6 is 28.1 Å². The SMILES string of the molecule is CCOc1cc([C@H]2NC(=S)NC(C)=C2C(=O)OC)cc(Br)c1OCc1ccccc1. The van der Waals surface area contributed by atoms with Gasteiger partial charge in [0.1, 0.15) is 6.61 Å². The van der Waals surface area contributed by atoms with E-state index >= 15 is 0 Å². The fraction of sp³-hybridized carbons (Fsp3) is 0.273. The number of hydrogen-bond donors (Lipinski definition) is 2. The Morgan fingerprint density at radius 1 is 1.20 bits per heavy atom. The van der Waals surface area contributed by atoms with Crippen molar-refractivity contribution in [2.45, 2.75) is 26.5 Å². The van der Waals surface area contributed by atoms with Gasteiger partial charge in [0.05, 0.1) is 29.8 Å². The Morgan fingerprint density at radius 2 is 1.93 bits per heavy atom. The second-order valence-electron chi connectivity index (χ2n) is 6.60. The number of benzene rings is 2. The molecule has 0 aliphatic carbocycles. The van der Waals surface area contributed by atoms with Gasteiger partial charge in [-0.15, -0.1) is 0 Å². The van der Waals surface area contributed by atoms with Gasteiger partial charge < -0.3 is 24.8 Å². The molecule has 2 aromatic carbocycles. The lowest BCUT2D eigenvalue weighted by molar-refractivity contribution is -0.136. The molecule has 30 heavy (non-hydrogen) atoms. The highest BCUT2D eigenvalue weighted by atomic mass is 79.9. The summed E-state index contributed by atoms with van der Waals surface area (Å²) in [4.78, 5) is 12.4. The Kier molecular flexibility index (Phi) is 7.33. The van der Waals surface area contributed by atoms with E-state index in [1.165, 1.54) is 7.11 Å². The van der Waals surface area contributed by atoms with E-state index in [-0.39, 0.29) is 0 Å². The summed E-state index contributed by atoms with van der Waals surface area (Å²) in [5.74, 6) is 0.741. The largest absolute Gasteiger partial charge is 0.490 e. The van der Waals surface area contributed by atoms with Gasteiger partial charge in [0, 0.05) is 5.70 Å². The van der Waals surface area contributed by atoms with E-state index in [9.17, 15) is 4.79 Å². The van der Waals surface area contributed by atoms with Crippen LogP contribution in [-0.2, 0) is 16.1 Å². The van der Waals surface area contributed by atoms with Crippen LogP contribution in [0.2, 0.25) is 0 Å². The first-order chi connectivity index (χ1) is 14.4. The molecule has 1 atom stereocenters. The zero-order valence-corrected chi connectivity index (χ0v) is 19.4. The Balaban J connectivity index is 1.98. The minimum atomic E-state index is -0.482. The van der Waals surface area contributed by atoms with E-state index in [1.807, 2.05) is 49.4 Å². The quantitative estimate of drug-likeness (QED) is 0.440. The van der Waals surface area contributed by atoms with Gasteiger partial charge in [-0.1, -0.05) is 30.3 Å². The molecular formula is C22H23BrN2O4S. The van der Waals surface area contributed by atoms with Crippen molar-refractivity contribution in [3.05, 3.63) is 69.3 Å². The van der Waals surface area contributed by atoms with E-state index in [0.29, 0.717) is 45.6 Å². The van der Waals surface area contributed by atoms with Gasteiger partial charge in [-0.2, -0.15) is 0 Å². The Labute approximate surface area is 189 Å². The lowest BCUT2D eigenvalue weighted by atomic mass is 9.95. The molecule has 6 nitrogen and oxygen atoms in total. The van der Waals surface area contributed by atoms with Crippen molar-refractivity contribution in [3.8, 4) is 11.5 Å². The molecule has 0 amide bonds. The topological polar surface area (TPSA) is 68.8 Å². The highest BCUT2D eigenvalue weighted by molar-refractivity contribution is 9.10. The maximum Gasteiger partial charge on any atom is 0.337 e. The van der Waals surface area contributed by atoms with Crippen LogP contribution in [0.1, 0.15) is 31.0 Å². The molecule has 1 heterocycles. The number of allylic oxidation sites excluding steroid dienone is 1. The zero-order valence-electron chi connectivity index (χ0n) is 17.0. The third-order valence-electron chi connectivity index (χ3n) is 4.57. The van der Waals surface area contributed by atoms with Crippen LogP contribution in [0.15, 0.2) is 58.2 Å². The highest BCUT2D eigenvalue weighted by Crippen LogP contribution is 2.41. The molecule has 1 aliphatic rings. The number of carbonyl (C=O) groups excluding carboxylic acids is 1. The Bertz CT molecular complexity index is 979. The molecule has 8 heteroatoms. The third-order valence-corrected chi connectivity index (χ3v) is 5.37. The first kappa shape index (κ1) is 22.1. The minimum Gasteiger partial charge on any atom is -0.490 e. The maximum atomic E-state index is 12.4. The summed E-state index contributed by atoms with van der Waals surface area (Å²) in [5.41, 5.74) is 2.95. The number of methoxy groups -OCH3 is 1. The van der Waals surface area contributed by atoms with Crippen molar-refractivity contribution in [1.29, 1.82) is 0 Å². The summed E-state index contributed by atoms with van der Waals surface area (Å²) in [6.45, 7) is 4.57. The first-order valence-corrected chi connectivity index (χ1v) is 10.6. The Hall–Kier alpha value is -2.58. The van der Waals surface area contributed by atoms with Crippen molar-refractivity contribution in [3.63, 3.8) is 0 Å². The van der Waals surface area contributed by atoms with Gasteiger partial charge in [-0.3, -0.25) is 0 Å². The monoisotopic (exact) mass is 490 g/mol. The standard InChI is InChI=1S/C22H23BrN2O4S/c1-4-28-17-11-15(19-18(21(26)27-3)13(2)24-22(30)25-19)10-16(23)20(17)29-12-14-8-6-5-7-9-14/h5-11,19H,4,12H2,1-3H3,(H2,24,25,30)/t19-/m1/s1. The summed E-state index contributed by atoms with van der Waals surface area (Å²) in [5, 5.41) is 6.56. The van der Waals surface area contributed by atoms with Gasteiger partial charge in [0.15, 0.2) is 16.6 Å². The summed E-state index contributed by atoms with van der Waals surface area (Å²) in [6.07, 6.45) is 0. The molecule has 0 bridgehead atoms. The lowest BCUT2D eigenvalue weighted by Gasteiger charge is -2.30. The fourth-order valence-electron chi connectivity index (χ4n) is 3.21. The van der Waals surface area contributed by atoms with E-state index in [4.69, 9.17) is 26.4 Å². The highest BCUT2D eigenvalue weighted by Gasteiger charge is 2.31. The second-order valence-corrected chi connectivity index (χ2v) is 7.86. The first-order valence-electron chi connectivity index (χ1n) is 9.44. The predicted molar refractivity (Wildman–Crippen MR) is 122 cm³/mol. The van der Waals surface area contributed by atoms with Gasteiger partial charge in [0.2, 0.25) is 0 Å². The van der Waals surface area contributed by atoms with Crippen molar-refractivity contribution in [1.82, 2.24) is 10.6 Å². The number of ether oxygens (including phenoxy) is 3. The molecule has 3 rings (SSSR count). The van der Waals surface area contributed by atoms with Gasteiger partial charge in [-0.25, -0.2) is 4.79 Å². The number of rotatable bonds is 7. The smallest absolute Gasteiger partial charge is 0.337 e. The van der Waals surface area contributed by atoms with Crippen LogP contribution < -0.4 is 20.1 Å². The molecular weight excluding hydrogens is 468 g/mol. The normalized spacial score (nSPS) is 15.9. The van der Waals surface area contributed by atoms with Crippen molar-refractivity contribution >= 4 is 39.2 Å². The van der Waals surface area contributed by atoms with Crippen LogP contribution in [0.4, 0.5) is 0 Å². The molecule has 0 saturated carbocycles. The molecule has 0 spiro atoms. The summed E-state index contributed by atoms with van der Waals surface area (Å²) < 4.78 is 17.6. The molecule has 0 aromatic heterocycles. The number of carbonyl (C=O) groups is 1. The number of thiocarbonyl (C=S) groups is 1. The summed E-state index contributed by atoms with van der Waals surface area (Å²) >= 11 is 8.90. The van der Waals surface area contributed by atoms with Crippen molar-refractivity contribution in [2.75, 3.05) is 13.7 Å². The van der Waals surface area contributed by atoms with Gasteiger partial charge in [0.25, 0.3) is 0 Å². The number of hydrogen-bond acceptors (Lipinski definition) is 5. The van der Waals surface area contributed by atoms with Crippen molar-refractivity contribution < 1.29 is 19.0 Å². The number of halogens is 1. The van der Waals surface area contributed by atoms with E-state index < -0.39 is 12.0 Å². The minimum absolute atomic E-state index is 0.404. The van der Waals surface area contributed by atoms with Crippen LogP contribution in [-0.4, -0.2) is 24.8 Å². The van der Waals surface area contributed by atoms with Gasteiger partial charge in [-0.05, 0) is 65.3 Å². The van der Waals surface area contributed by atoms with Gasteiger partial charge >= 0.3 is 5.97 Å². The molecule has 1 aliphatic heterocycles. The number of nitrogens with one attached hydrogen (secondary N) is 2. The molecule has 158 valence electrons. The fourth-order valence-corrected chi connectivity index (χ4v) is 4.06. The summed E-state index contributed by atoms with van der Waals surface area (Å²) in [6, 6.07) is 13.2. The maximum absolute atomic E-state index is 12.4. The molecule has 0 fully saturated rings. The lowest BCUT2D eigenvalue weighted by Crippen LogP contribution is -2.45. The third kappa shape index (κ3) is 4.94. The van der Waals surface area contributed by atoms with Crippen LogP contribution in [0, 0.1) is 0 Å². The van der Waals surface area contributed by atoms with E-state index in [0.717, 1.165) is 11.1 Å². The molecule has 0 radical (unpaired) electrons. The Morgan fingerprint density at radius 3 is 2.60 bits per heavy atom. The van der Waals surface area contributed by atoms with Crippen LogP contribution in [0.3, 0.4) is 0 Å². The van der Waals surface area contributed by atoms with Crippen LogP contribution in [0.25, 0.3) is 0 Å². The molecule has 0 unspecified atom stereocenters. The predicted octanol–water partition coefficient (Wildman–Crippen LogP) is 4.39.